The van der Waals surface area contributed by atoms with Crippen LogP contribution in [0.25, 0.3) is 6.08 Å². The molecule has 0 amide bonds. The molecule has 0 fully saturated rings. The zero-order chi connectivity index (χ0) is 15.4. The zero-order valence-electron chi connectivity index (χ0n) is 10.2. The van der Waals surface area contributed by atoms with E-state index in [0.717, 1.165) is 6.07 Å². The van der Waals surface area contributed by atoms with E-state index in [1.165, 1.54) is 24.3 Å². The molecule has 110 valence electrons. The average Bonchev–Trinajstić information content (AvgIpc) is 2.36. The summed E-state index contributed by atoms with van der Waals surface area (Å²) in [6.07, 6.45) is 2.77. The molecule has 1 aromatic rings. The summed E-state index contributed by atoms with van der Waals surface area (Å²) in [6.45, 7) is 6.83. The predicted molar refractivity (Wildman–Crippen MR) is 67.8 cm³/mol. The molecule has 4 nitrogen and oxygen atoms in total. The Balaban J connectivity index is 3.17. The first-order chi connectivity index (χ1) is 9.21. The van der Waals surface area contributed by atoms with Crippen LogP contribution in [0.15, 0.2) is 37.4 Å². The number of hydrogen-bond acceptors (Lipinski definition) is 4. The van der Waals surface area contributed by atoms with E-state index < -0.39 is 21.4 Å². The quantitative estimate of drug-likeness (QED) is 0.460. The molecule has 0 radical (unpaired) electrons. The largest absolute Gasteiger partial charge is 0.534 e. The fraction of sp³-hybridized carbons (Fsp3) is 0.167. The Labute approximate surface area is 114 Å². The normalized spacial score (nSPS) is 11.8. The Kier molecular flexibility index (Phi) is 4.83. The topological polar surface area (TPSA) is 52.6 Å². The Morgan fingerprint density at radius 3 is 2.35 bits per heavy atom. The lowest BCUT2D eigenvalue weighted by molar-refractivity contribution is -0.0500. The smallest absolute Gasteiger partial charge is 0.486 e. The third-order valence-corrected chi connectivity index (χ3v) is 3.01. The summed E-state index contributed by atoms with van der Waals surface area (Å²) in [6, 6.07) is 3.70. The molecule has 0 aliphatic carbocycles. The lowest BCUT2D eigenvalue weighted by Gasteiger charge is -2.13. The maximum atomic E-state index is 12.3. The highest BCUT2D eigenvalue weighted by molar-refractivity contribution is 7.88. The van der Waals surface area contributed by atoms with Crippen LogP contribution in [0.2, 0.25) is 0 Å². The van der Waals surface area contributed by atoms with E-state index in [1.807, 2.05) is 0 Å². The van der Waals surface area contributed by atoms with Gasteiger partial charge in [-0.25, -0.2) is 0 Å². The first kappa shape index (κ1) is 16.1. The van der Waals surface area contributed by atoms with Crippen molar-refractivity contribution in [1.82, 2.24) is 0 Å². The highest BCUT2D eigenvalue weighted by Crippen LogP contribution is 2.34. The summed E-state index contributed by atoms with van der Waals surface area (Å²) in [5, 5.41) is 0. The highest BCUT2D eigenvalue weighted by Gasteiger charge is 2.48. The Hall–Kier alpha value is -1.96. The number of ether oxygens (including phenoxy) is 1. The van der Waals surface area contributed by atoms with E-state index >= 15 is 0 Å². The Bertz CT molecular complexity index is 606. The summed E-state index contributed by atoms with van der Waals surface area (Å²) in [5.74, 6) is -0.718. The summed E-state index contributed by atoms with van der Waals surface area (Å²) in [5.41, 5.74) is -4.99. The SMILES string of the molecule is C=CCOc1cc(C=C)ccc1OS(=O)(=O)C(F)(F)F. The molecular weight excluding hydrogens is 297 g/mol. The van der Waals surface area contributed by atoms with Gasteiger partial charge in [-0.15, -0.1) is 0 Å². The summed E-state index contributed by atoms with van der Waals surface area (Å²) >= 11 is 0. The molecule has 0 N–H and O–H groups in total. The van der Waals surface area contributed by atoms with Crippen molar-refractivity contribution in [3.63, 3.8) is 0 Å². The lowest BCUT2D eigenvalue weighted by Crippen LogP contribution is -2.28. The van der Waals surface area contributed by atoms with Crippen LogP contribution in [0, 0.1) is 0 Å². The number of hydrogen-bond donors (Lipinski definition) is 0. The lowest BCUT2D eigenvalue weighted by atomic mass is 10.2. The molecule has 0 bridgehead atoms. The van der Waals surface area contributed by atoms with Crippen LogP contribution in [-0.2, 0) is 10.1 Å². The second kappa shape index (κ2) is 6.00. The van der Waals surface area contributed by atoms with Crippen molar-refractivity contribution >= 4 is 16.2 Å². The van der Waals surface area contributed by atoms with Crippen molar-refractivity contribution in [3.8, 4) is 11.5 Å². The molecule has 20 heavy (non-hydrogen) atoms. The molecule has 0 unspecified atom stereocenters. The fourth-order valence-electron chi connectivity index (χ4n) is 1.15. The van der Waals surface area contributed by atoms with Crippen LogP contribution in [0.1, 0.15) is 5.56 Å². The third kappa shape index (κ3) is 3.77. The van der Waals surface area contributed by atoms with Crippen LogP contribution in [-0.4, -0.2) is 20.5 Å². The van der Waals surface area contributed by atoms with Gasteiger partial charge in [0.05, 0.1) is 0 Å². The Morgan fingerprint density at radius 1 is 1.20 bits per heavy atom. The van der Waals surface area contributed by atoms with Gasteiger partial charge in [0.2, 0.25) is 0 Å². The van der Waals surface area contributed by atoms with E-state index in [-0.39, 0.29) is 12.4 Å². The van der Waals surface area contributed by atoms with E-state index in [1.54, 1.807) is 0 Å². The number of rotatable bonds is 6. The molecule has 0 aliphatic rings. The minimum atomic E-state index is -5.75. The molecule has 8 heteroatoms. The van der Waals surface area contributed by atoms with Gasteiger partial charge in [0.1, 0.15) is 6.61 Å². The van der Waals surface area contributed by atoms with Crippen LogP contribution in [0.4, 0.5) is 13.2 Å². The number of halogens is 3. The molecule has 0 spiro atoms. The van der Waals surface area contributed by atoms with E-state index in [4.69, 9.17) is 4.74 Å². The van der Waals surface area contributed by atoms with Gasteiger partial charge in [0, 0.05) is 0 Å². The summed E-state index contributed by atoms with van der Waals surface area (Å²) in [7, 11) is -5.75. The van der Waals surface area contributed by atoms with Gasteiger partial charge in [0.25, 0.3) is 0 Å². The summed E-state index contributed by atoms with van der Waals surface area (Å²) in [4.78, 5) is 0. The van der Waals surface area contributed by atoms with Crippen molar-refractivity contribution in [3.05, 3.63) is 43.0 Å². The van der Waals surface area contributed by atoms with Crippen LogP contribution in [0.3, 0.4) is 0 Å². The number of alkyl halides is 3. The van der Waals surface area contributed by atoms with Crippen LogP contribution < -0.4 is 8.92 Å². The van der Waals surface area contributed by atoms with Gasteiger partial charge in [-0.05, 0) is 17.7 Å². The second-order valence-corrected chi connectivity index (χ2v) is 5.03. The average molecular weight is 308 g/mol. The molecular formula is C12H11F3O4S. The molecule has 0 aromatic heterocycles. The Morgan fingerprint density at radius 2 is 1.85 bits per heavy atom. The van der Waals surface area contributed by atoms with Crippen LogP contribution in [0.5, 0.6) is 11.5 Å². The first-order valence-corrected chi connectivity index (χ1v) is 6.63. The molecule has 1 aromatic carbocycles. The first-order valence-electron chi connectivity index (χ1n) is 5.22. The second-order valence-electron chi connectivity index (χ2n) is 3.49. The standard InChI is InChI=1S/C12H11F3O4S/c1-3-7-18-11-8-9(4-2)5-6-10(11)19-20(16,17)12(13,14)15/h3-6,8H,1-2,7H2. The van der Waals surface area contributed by atoms with Crippen molar-refractivity contribution in [2.24, 2.45) is 0 Å². The molecule has 0 saturated carbocycles. The van der Waals surface area contributed by atoms with Gasteiger partial charge in [-0.2, -0.15) is 21.6 Å². The minimum absolute atomic E-state index is 0.0248. The summed E-state index contributed by atoms with van der Waals surface area (Å²) < 4.78 is 67.8. The van der Waals surface area contributed by atoms with Gasteiger partial charge < -0.3 is 8.92 Å². The zero-order valence-corrected chi connectivity index (χ0v) is 11.0. The van der Waals surface area contributed by atoms with Gasteiger partial charge in [0.15, 0.2) is 11.5 Å². The van der Waals surface area contributed by atoms with E-state index in [2.05, 4.69) is 17.3 Å². The molecule has 1 rings (SSSR count). The monoisotopic (exact) mass is 308 g/mol. The molecule has 0 heterocycles. The van der Waals surface area contributed by atoms with Gasteiger partial charge in [-0.3, -0.25) is 0 Å². The molecule has 0 aliphatic heterocycles. The van der Waals surface area contributed by atoms with Gasteiger partial charge in [-0.1, -0.05) is 31.4 Å². The van der Waals surface area contributed by atoms with E-state index in [9.17, 15) is 21.6 Å². The van der Waals surface area contributed by atoms with E-state index in [0.29, 0.717) is 5.56 Å². The maximum Gasteiger partial charge on any atom is 0.534 e. The minimum Gasteiger partial charge on any atom is -0.486 e. The molecule has 0 saturated heterocycles. The molecule has 0 atom stereocenters. The van der Waals surface area contributed by atoms with Gasteiger partial charge >= 0.3 is 15.6 Å². The van der Waals surface area contributed by atoms with Crippen LogP contribution >= 0.6 is 0 Å². The fourth-order valence-corrected chi connectivity index (χ4v) is 1.62. The number of benzene rings is 1. The van der Waals surface area contributed by atoms with Crippen molar-refractivity contribution in [2.75, 3.05) is 6.61 Å². The van der Waals surface area contributed by atoms with Crippen molar-refractivity contribution in [1.29, 1.82) is 0 Å². The third-order valence-electron chi connectivity index (χ3n) is 2.04. The highest BCUT2D eigenvalue weighted by atomic mass is 32.2. The van der Waals surface area contributed by atoms with Crippen molar-refractivity contribution < 1.29 is 30.5 Å². The predicted octanol–water partition coefficient (Wildman–Crippen LogP) is 3.12. The maximum absolute atomic E-state index is 12.3. The van der Waals surface area contributed by atoms with Crippen molar-refractivity contribution in [2.45, 2.75) is 5.51 Å².